The number of amides is 3. The van der Waals surface area contributed by atoms with Crippen LogP contribution in [0.1, 0.15) is 78.4 Å². The fourth-order valence-corrected chi connectivity index (χ4v) is 8.86. The number of nitrogens with one attached hydrogen (secondary N) is 1. The number of imide groups is 1. The van der Waals surface area contributed by atoms with Gasteiger partial charge in [0.2, 0.25) is 17.8 Å². The van der Waals surface area contributed by atoms with E-state index in [0.29, 0.717) is 30.6 Å². The molecule has 1 atom stereocenters. The van der Waals surface area contributed by atoms with E-state index >= 15 is 0 Å². The van der Waals surface area contributed by atoms with Gasteiger partial charge in [0.25, 0.3) is 5.91 Å². The van der Waals surface area contributed by atoms with E-state index in [0.717, 1.165) is 67.8 Å². The van der Waals surface area contributed by atoms with Gasteiger partial charge in [-0.1, -0.05) is 6.07 Å². The van der Waals surface area contributed by atoms with Gasteiger partial charge in [-0.05, 0) is 87.9 Å². The van der Waals surface area contributed by atoms with E-state index < -0.39 is 6.04 Å². The van der Waals surface area contributed by atoms with Crippen LogP contribution in [0.15, 0.2) is 24.5 Å². The molecule has 1 unspecified atom stereocenters. The number of fused-ring (bicyclic) bond motifs is 4. The molecule has 2 aromatic rings. The van der Waals surface area contributed by atoms with E-state index in [9.17, 15) is 14.4 Å². The number of nitrogens with zero attached hydrogens (tertiary/aromatic N) is 5. The highest BCUT2D eigenvalue weighted by Crippen LogP contribution is 2.54. The first-order valence-corrected chi connectivity index (χ1v) is 16.0. The van der Waals surface area contributed by atoms with Gasteiger partial charge in [0.15, 0.2) is 0 Å². The average molecular weight is 585 g/mol. The van der Waals surface area contributed by atoms with Crippen LogP contribution in [-0.4, -0.2) is 82.9 Å². The number of anilines is 1. The number of hydrogen-bond acceptors (Lipinski definition) is 8. The summed E-state index contributed by atoms with van der Waals surface area (Å²) < 4.78 is 6.37. The van der Waals surface area contributed by atoms with Crippen molar-refractivity contribution in [3.63, 3.8) is 0 Å². The Balaban J connectivity index is 0.861. The number of benzene rings is 1. The van der Waals surface area contributed by atoms with Gasteiger partial charge in [-0.15, -0.1) is 0 Å². The lowest BCUT2D eigenvalue weighted by Crippen LogP contribution is -2.52. The van der Waals surface area contributed by atoms with Crippen LogP contribution in [0.25, 0.3) is 0 Å². The minimum atomic E-state index is -0.604. The molecule has 6 aliphatic rings. The van der Waals surface area contributed by atoms with E-state index in [2.05, 4.69) is 31.2 Å². The van der Waals surface area contributed by atoms with Gasteiger partial charge in [-0.3, -0.25) is 19.7 Å². The summed E-state index contributed by atoms with van der Waals surface area (Å²) in [7, 11) is 0. The number of likely N-dealkylation sites (tertiary alicyclic amines) is 1. The van der Waals surface area contributed by atoms with Crippen LogP contribution in [0.3, 0.4) is 0 Å². The van der Waals surface area contributed by atoms with Crippen molar-refractivity contribution >= 4 is 23.7 Å². The minimum Gasteiger partial charge on any atom is -0.492 e. The molecule has 3 saturated heterocycles. The van der Waals surface area contributed by atoms with Gasteiger partial charge in [0.05, 0.1) is 13.2 Å². The first kappa shape index (κ1) is 27.0. The summed E-state index contributed by atoms with van der Waals surface area (Å²) in [5, 5.41) is 2.39. The van der Waals surface area contributed by atoms with Crippen LogP contribution < -0.4 is 15.0 Å². The third kappa shape index (κ3) is 4.51. The number of hydrogen-bond donors (Lipinski definition) is 1. The molecule has 1 aromatic heterocycles. The van der Waals surface area contributed by atoms with Crippen molar-refractivity contribution in [2.24, 2.45) is 11.3 Å². The van der Waals surface area contributed by atoms with Crippen LogP contribution in [0.5, 0.6) is 5.75 Å². The number of carbonyl (C=O) groups is 3. The first-order chi connectivity index (χ1) is 20.8. The molecule has 0 bridgehead atoms. The molecular formula is C33H40N6O4. The zero-order valence-electron chi connectivity index (χ0n) is 24.9. The lowest BCUT2D eigenvalue weighted by atomic mass is 9.57. The monoisotopic (exact) mass is 584 g/mol. The second-order valence-electron chi connectivity index (χ2n) is 14.1. The van der Waals surface area contributed by atoms with Crippen LogP contribution >= 0.6 is 0 Å². The highest BCUT2D eigenvalue weighted by atomic mass is 16.5. The highest BCUT2D eigenvalue weighted by Gasteiger charge is 2.49. The van der Waals surface area contributed by atoms with Crippen LogP contribution in [0.2, 0.25) is 0 Å². The van der Waals surface area contributed by atoms with E-state index in [4.69, 9.17) is 4.74 Å². The molecule has 6 heterocycles. The second kappa shape index (κ2) is 10.0. The van der Waals surface area contributed by atoms with Gasteiger partial charge in [0, 0.05) is 60.6 Å². The Morgan fingerprint density at radius 2 is 1.74 bits per heavy atom. The van der Waals surface area contributed by atoms with Crippen molar-refractivity contribution in [1.29, 1.82) is 0 Å². The molecule has 1 saturated carbocycles. The van der Waals surface area contributed by atoms with Gasteiger partial charge < -0.3 is 19.4 Å². The molecule has 4 fully saturated rings. The van der Waals surface area contributed by atoms with Gasteiger partial charge >= 0.3 is 0 Å². The Morgan fingerprint density at radius 1 is 1.00 bits per heavy atom. The standard InChI is InChI=1S/C33H40N6O4/c1-21-16-34-31(35-17-21)38-12-6-32(7-13-38)14-22(15-32)18-37-10-8-33(9-11-37)20-43-28-24-19-39(26-4-5-27(40)36-29(26)41)30(42)23(24)2-3-25(28)33/h2-3,16-17,22,26H,4-15,18-20H2,1H3,(H,36,40,41). The summed E-state index contributed by atoms with van der Waals surface area (Å²) in [4.78, 5) is 53.1. The summed E-state index contributed by atoms with van der Waals surface area (Å²) in [6, 6.07) is 3.44. The quantitative estimate of drug-likeness (QED) is 0.547. The molecule has 43 heavy (non-hydrogen) atoms. The fraction of sp³-hybridized carbons (Fsp3) is 0.606. The van der Waals surface area contributed by atoms with Gasteiger partial charge in [0.1, 0.15) is 11.8 Å². The Bertz CT molecular complexity index is 1470. The summed E-state index contributed by atoms with van der Waals surface area (Å²) in [6.45, 7) is 8.51. The molecule has 3 amide bonds. The molecule has 1 N–H and O–H groups in total. The van der Waals surface area contributed by atoms with E-state index in [1.165, 1.54) is 37.8 Å². The van der Waals surface area contributed by atoms with Crippen LogP contribution in [0, 0.1) is 18.3 Å². The average Bonchev–Trinajstić information content (AvgIpc) is 3.52. The van der Waals surface area contributed by atoms with Crippen molar-refractivity contribution in [1.82, 2.24) is 25.1 Å². The maximum atomic E-state index is 13.3. The molecule has 5 aliphatic heterocycles. The number of carbonyl (C=O) groups excluding carboxylic acids is 3. The number of aryl methyl sites for hydroxylation is 1. The third-order valence-electron chi connectivity index (χ3n) is 11.4. The lowest BCUT2D eigenvalue weighted by Gasteiger charge is -2.53. The predicted octanol–water partition coefficient (Wildman–Crippen LogP) is 2.97. The molecule has 1 aromatic carbocycles. The zero-order valence-corrected chi connectivity index (χ0v) is 24.9. The largest absolute Gasteiger partial charge is 0.492 e. The van der Waals surface area contributed by atoms with E-state index in [1.807, 2.05) is 25.4 Å². The Morgan fingerprint density at radius 3 is 2.47 bits per heavy atom. The van der Waals surface area contributed by atoms with Crippen molar-refractivity contribution in [3.8, 4) is 5.75 Å². The highest BCUT2D eigenvalue weighted by molar-refractivity contribution is 6.05. The van der Waals surface area contributed by atoms with Crippen molar-refractivity contribution in [2.75, 3.05) is 44.2 Å². The second-order valence-corrected chi connectivity index (χ2v) is 14.1. The summed E-state index contributed by atoms with van der Waals surface area (Å²) in [5.41, 5.74) is 4.39. The zero-order chi connectivity index (χ0) is 29.3. The van der Waals surface area contributed by atoms with Crippen LogP contribution in [0.4, 0.5) is 5.95 Å². The summed E-state index contributed by atoms with van der Waals surface area (Å²) >= 11 is 0. The van der Waals surface area contributed by atoms with Crippen molar-refractivity contribution in [2.45, 2.75) is 76.3 Å². The molecule has 1 aliphatic carbocycles. The molecule has 8 rings (SSSR count). The predicted molar refractivity (Wildman–Crippen MR) is 159 cm³/mol. The number of rotatable bonds is 4. The van der Waals surface area contributed by atoms with E-state index in [-0.39, 0.29) is 29.6 Å². The number of aromatic nitrogens is 2. The topological polar surface area (TPSA) is 108 Å². The first-order valence-electron chi connectivity index (χ1n) is 16.0. The third-order valence-corrected chi connectivity index (χ3v) is 11.4. The molecular weight excluding hydrogens is 544 g/mol. The van der Waals surface area contributed by atoms with Gasteiger partial charge in [-0.2, -0.15) is 0 Å². The summed E-state index contributed by atoms with van der Waals surface area (Å²) in [6.07, 6.45) is 11.7. The maximum absolute atomic E-state index is 13.3. The van der Waals surface area contributed by atoms with Crippen LogP contribution in [-0.2, 0) is 21.5 Å². The smallest absolute Gasteiger partial charge is 0.255 e. The molecule has 226 valence electrons. The number of ether oxygens (including phenoxy) is 1. The molecule has 10 nitrogen and oxygen atoms in total. The Kier molecular flexibility index (Phi) is 6.29. The number of piperidine rings is 3. The van der Waals surface area contributed by atoms with Crippen molar-refractivity contribution < 1.29 is 19.1 Å². The Hall–Kier alpha value is -3.53. The Labute approximate surface area is 252 Å². The van der Waals surface area contributed by atoms with E-state index in [1.54, 1.807) is 4.90 Å². The normalized spacial score (nSPS) is 26.3. The summed E-state index contributed by atoms with van der Waals surface area (Å²) in [5.74, 6) is 1.74. The van der Waals surface area contributed by atoms with Crippen molar-refractivity contribution in [3.05, 3.63) is 46.8 Å². The minimum absolute atomic E-state index is 0.00230. The molecule has 10 heteroatoms. The van der Waals surface area contributed by atoms with Gasteiger partial charge in [-0.25, -0.2) is 9.97 Å². The maximum Gasteiger partial charge on any atom is 0.255 e. The fourth-order valence-electron chi connectivity index (χ4n) is 8.86. The molecule has 0 radical (unpaired) electrons. The lowest BCUT2D eigenvalue weighted by molar-refractivity contribution is -0.136. The molecule has 2 spiro atoms. The SMILES string of the molecule is Cc1cnc(N2CCC3(CC2)CC(CN2CCC4(CC2)COc2c4ccc4c2CN(C2CCC(=O)NC2=O)C4=O)C3)nc1.